The number of fused-ring (bicyclic) bond motifs is 1. The maximum Gasteiger partial charge on any atom is 0.227 e. The summed E-state index contributed by atoms with van der Waals surface area (Å²) in [5.41, 5.74) is 4.81. The van der Waals surface area contributed by atoms with Gasteiger partial charge in [-0.1, -0.05) is 51.1 Å². The molecule has 5 heteroatoms. The topological polar surface area (TPSA) is 52.2 Å². The molecule has 0 fully saturated rings. The van der Waals surface area contributed by atoms with Crippen molar-refractivity contribution in [2.45, 2.75) is 46.1 Å². The summed E-state index contributed by atoms with van der Waals surface area (Å²) in [6.07, 6.45) is 1.85. The number of carbonyl (C=O) groups is 1. The van der Waals surface area contributed by atoms with Crippen molar-refractivity contribution in [3.63, 3.8) is 0 Å². The van der Waals surface area contributed by atoms with Crippen LogP contribution in [0.3, 0.4) is 0 Å². The van der Waals surface area contributed by atoms with Crippen molar-refractivity contribution in [1.82, 2.24) is 20.0 Å². The average Bonchev–Trinajstić information content (AvgIpc) is 3.11. The minimum absolute atomic E-state index is 0.0166. The fourth-order valence-corrected chi connectivity index (χ4v) is 4.05. The molecule has 0 aliphatic carbocycles. The number of nitrogens with one attached hydrogen (secondary N) is 1. The van der Waals surface area contributed by atoms with Crippen LogP contribution in [0.15, 0.2) is 30.3 Å². The van der Waals surface area contributed by atoms with E-state index in [1.165, 1.54) is 16.8 Å². The molecule has 0 bridgehead atoms. The first kappa shape index (κ1) is 19.6. The van der Waals surface area contributed by atoms with E-state index < -0.39 is 0 Å². The predicted octanol–water partition coefficient (Wildman–Crippen LogP) is 3.42. The Bertz CT molecular complexity index is 755. The molecule has 0 saturated carbocycles. The number of amides is 1. The van der Waals surface area contributed by atoms with Crippen LogP contribution in [0.5, 0.6) is 0 Å². The van der Waals surface area contributed by atoms with E-state index in [0.29, 0.717) is 6.54 Å². The molecule has 5 nitrogen and oxygen atoms in total. The van der Waals surface area contributed by atoms with Crippen molar-refractivity contribution < 1.29 is 4.79 Å². The molecule has 146 valence electrons. The average molecular weight is 369 g/mol. The van der Waals surface area contributed by atoms with Crippen molar-refractivity contribution in [3.05, 3.63) is 52.8 Å². The Morgan fingerprint density at radius 2 is 2.04 bits per heavy atom. The highest BCUT2D eigenvalue weighted by atomic mass is 16.2. The molecule has 0 unspecified atom stereocenters. The van der Waals surface area contributed by atoms with Crippen LogP contribution in [0.4, 0.5) is 0 Å². The summed E-state index contributed by atoms with van der Waals surface area (Å²) in [5, 5.41) is 7.92. The first-order valence-corrected chi connectivity index (χ1v) is 10.1. The number of carbonyl (C=O) groups excluding carboxylic acids is 1. The third kappa shape index (κ3) is 4.24. The molecule has 1 amide bonds. The summed E-state index contributed by atoms with van der Waals surface area (Å²) >= 11 is 0. The Kier molecular flexibility index (Phi) is 6.32. The largest absolute Gasteiger partial charge is 0.338 e. The van der Waals surface area contributed by atoms with E-state index in [2.05, 4.69) is 60.3 Å². The van der Waals surface area contributed by atoms with Gasteiger partial charge in [0.25, 0.3) is 0 Å². The van der Waals surface area contributed by atoms with Crippen molar-refractivity contribution in [2.75, 3.05) is 26.7 Å². The van der Waals surface area contributed by atoms with Gasteiger partial charge in [-0.15, -0.1) is 0 Å². The summed E-state index contributed by atoms with van der Waals surface area (Å²) in [7, 11) is 2.07. The van der Waals surface area contributed by atoms with Crippen molar-refractivity contribution in [2.24, 2.45) is 5.92 Å². The minimum Gasteiger partial charge on any atom is -0.338 e. The zero-order valence-electron chi connectivity index (χ0n) is 17.0. The second-order valence-electron chi connectivity index (χ2n) is 7.70. The molecule has 1 aliphatic rings. The number of aromatic nitrogens is 2. The van der Waals surface area contributed by atoms with Crippen molar-refractivity contribution >= 4 is 5.91 Å². The quantitative estimate of drug-likeness (QED) is 0.815. The van der Waals surface area contributed by atoms with E-state index in [1.807, 2.05) is 17.9 Å². The van der Waals surface area contributed by atoms with Gasteiger partial charge < -0.3 is 9.80 Å². The Labute approximate surface area is 162 Å². The van der Waals surface area contributed by atoms with E-state index in [-0.39, 0.29) is 17.7 Å². The molecular formula is C22H32N4O. The Morgan fingerprint density at radius 1 is 1.30 bits per heavy atom. The fraction of sp³-hybridized carbons (Fsp3) is 0.545. The molecule has 2 aromatic rings. The van der Waals surface area contributed by atoms with Gasteiger partial charge in [0.1, 0.15) is 0 Å². The molecule has 1 aliphatic heterocycles. The van der Waals surface area contributed by atoms with Gasteiger partial charge in [-0.05, 0) is 25.6 Å². The zero-order valence-corrected chi connectivity index (χ0v) is 17.0. The van der Waals surface area contributed by atoms with Gasteiger partial charge in [0.2, 0.25) is 5.91 Å². The monoisotopic (exact) mass is 368 g/mol. The smallest absolute Gasteiger partial charge is 0.227 e. The zero-order chi connectivity index (χ0) is 19.4. The number of nitrogens with zero attached hydrogens (tertiary/aromatic N) is 3. The molecule has 2 atom stereocenters. The van der Waals surface area contributed by atoms with E-state index >= 15 is 0 Å². The lowest BCUT2D eigenvalue weighted by Gasteiger charge is -2.31. The molecular weight excluding hydrogens is 336 g/mol. The summed E-state index contributed by atoms with van der Waals surface area (Å²) in [6, 6.07) is 10.6. The molecule has 1 aromatic heterocycles. The third-order valence-electron chi connectivity index (χ3n) is 5.76. The van der Waals surface area contributed by atoms with Crippen LogP contribution in [-0.2, 0) is 17.8 Å². The van der Waals surface area contributed by atoms with Crippen LogP contribution >= 0.6 is 0 Å². The summed E-state index contributed by atoms with van der Waals surface area (Å²) in [6.45, 7) is 9.57. The van der Waals surface area contributed by atoms with Gasteiger partial charge in [-0.2, -0.15) is 5.10 Å². The highest BCUT2D eigenvalue weighted by Gasteiger charge is 2.30. The lowest BCUT2D eigenvalue weighted by Crippen LogP contribution is -2.42. The standard InChI is InChI=1S/C22H32N4O/c1-5-18(17-10-8-7-9-11-17)21-19-15-26(13-12-20(19)23-24-21)22(27)16(3)14-25(4)6-2/h7-11,16,18H,5-6,12-15H2,1-4H3,(H,23,24)/t16-,18+/m0/s1. The highest BCUT2D eigenvalue weighted by Crippen LogP contribution is 2.32. The second-order valence-corrected chi connectivity index (χ2v) is 7.70. The maximum atomic E-state index is 13.0. The van der Waals surface area contributed by atoms with E-state index in [9.17, 15) is 4.79 Å². The normalized spacial score (nSPS) is 16.3. The van der Waals surface area contributed by atoms with Crippen LogP contribution in [0, 0.1) is 5.92 Å². The fourth-order valence-electron chi connectivity index (χ4n) is 4.05. The van der Waals surface area contributed by atoms with Gasteiger partial charge in [0.15, 0.2) is 0 Å². The number of hydrogen-bond acceptors (Lipinski definition) is 3. The summed E-state index contributed by atoms with van der Waals surface area (Å²) in [5.74, 6) is 0.536. The maximum absolute atomic E-state index is 13.0. The number of aromatic amines is 1. The molecule has 1 N–H and O–H groups in total. The lowest BCUT2D eigenvalue weighted by molar-refractivity contribution is -0.136. The molecule has 2 heterocycles. The van der Waals surface area contributed by atoms with Gasteiger partial charge in [0.05, 0.1) is 5.69 Å². The van der Waals surface area contributed by atoms with Gasteiger partial charge in [-0.3, -0.25) is 9.89 Å². The van der Waals surface area contributed by atoms with Crippen LogP contribution in [0.1, 0.15) is 55.6 Å². The van der Waals surface area contributed by atoms with Crippen LogP contribution in [-0.4, -0.2) is 52.6 Å². The molecule has 3 rings (SSSR count). The van der Waals surface area contributed by atoms with Crippen LogP contribution < -0.4 is 0 Å². The molecule has 0 saturated heterocycles. The number of H-pyrrole nitrogens is 1. The first-order valence-electron chi connectivity index (χ1n) is 10.1. The van der Waals surface area contributed by atoms with Crippen LogP contribution in [0.2, 0.25) is 0 Å². The van der Waals surface area contributed by atoms with Crippen molar-refractivity contribution in [3.8, 4) is 0 Å². The third-order valence-corrected chi connectivity index (χ3v) is 5.76. The number of rotatable bonds is 7. The molecule has 0 spiro atoms. The molecule has 27 heavy (non-hydrogen) atoms. The van der Waals surface area contributed by atoms with Gasteiger partial charge in [0, 0.05) is 49.1 Å². The summed E-state index contributed by atoms with van der Waals surface area (Å²) in [4.78, 5) is 17.2. The summed E-state index contributed by atoms with van der Waals surface area (Å²) < 4.78 is 0. The van der Waals surface area contributed by atoms with Crippen molar-refractivity contribution in [1.29, 1.82) is 0 Å². The Balaban J connectivity index is 1.79. The lowest BCUT2D eigenvalue weighted by atomic mass is 9.89. The second kappa shape index (κ2) is 8.70. The van der Waals surface area contributed by atoms with E-state index in [4.69, 9.17) is 0 Å². The molecule has 0 radical (unpaired) electrons. The highest BCUT2D eigenvalue weighted by molar-refractivity contribution is 5.79. The minimum atomic E-state index is 0.0166. The van der Waals surface area contributed by atoms with Gasteiger partial charge in [-0.25, -0.2) is 0 Å². The van der Waals surface area contributed by atoms with Gasteiger partial charge >= 0.3 is 0 Å². The van der Waals surface area contributed by atoms with E-state index in [0.717, 1.165) is 38.2 Å². The van der Waals surface area contributed by atoms with E-state index in [1.54, 1.807) is 0 Å². The SMILES string of the molecule is CC[C@H](c1ccccc1)c1n[nH]c2c1CN(C(=O)[C@@H](C)CN(C)CC)CC2. The Morgan fingerprint density at radius 3 is 2.70 bits per heavy atom. The first-order chi connectivity index (χ1) is 13.0. The van der Waals surface area contributed by atoms with Crippen LogP contribution in [0.25, 0.3) is 0 Å². The molecule has 1 aromatic carbocycles. The predicted molar refractivity (Wildman–Crippen MR) is 109 cm³/mol. The number of hydrogen-bond donors (Lipinski definition) is 1. The number of benzene rings is 1. The Hall–Kier alpha value is -2.14.